The largest absolute Gasteiger partial charge is 0.524 e. The molecular weight excluding hydrogens is 908 g/mol. The summed E-state index contributed by atoms with van der Waals surface area (Å²) in [6.45, 7) is -2.13. The van der Waals surface area contributed by atoms with Crippen molar-refractivity contribution in [1.29, 1.82) is 0 Å². The average Bonchev–Trinajstić information content (AvgIpc) is 2.96. The number of hydrogen-bond acceptors (Lipinski definition) is 23. The molecule has 0 spiro atoms. The predicted molar refractivity (Wildman–Crippen MR) is 142 cm³/mol. The first-order chi connectivity index (χ1) is 20.3. The molecule has 12 atom stereocenters. The molecule has 0 heterocycles. The van der Waals surface area contributed by atoms with Gasteiger partial charge in [0.05, 0.1) is 26.1 Å². The SMILES string of the molecule is O=C(CC(O)C(=O)OC(=O)OC(=O)C(O)CC(=O)OC(O)[C@H](O)[C@@H](O)[C@H](O)[C@H](O)CO)OC(O)[C@H](O)[C@@H](O)[C@H](O)[C@H](O)CO.[Cu].[Cu].[Fe].[Fe].[MgH2].[MgH2]. The third kappa shape index (κ3) is 23.4. The van der Waals surface area contributed by atoms with Crippen LogP contribution >= 0.6 is 0 Å². The molecule has 14 N–H and O–H groups in total. The van der Waals surface area contributed by atoms with Crippen LogP contribution in [0.1, 0.15) is 12.8 Å². The van der Waals surface area contributed by atoms with Crippen LogP contribution in [0.3, 0.4) is 0 Å². The summed E-state index contributed by atoms with van der Waals surface area (Å²) >= 11 is 0. The number of rotatable bonds is 18. The number of carbonyl (C=O) groups is 5. The van der Waals surface area contributed by atoms with Crippen molar-refractivity contribution >= 4 is 76.1 Å². The van der Waals surface area contributed by atoms with Crippen LogP contribution in [0.4, 0.5) is 4.79 Å². The van der Waals surface area contributed by atoms with E-state index < -0.39 is 130 Å². The Bertz CT molecular complexity index is 907. The zero-order chi connectivity index (χ0) is 34.5. The average molecular weight is 946 g/mol. The normalized spacial score (nSPS) is 17.4. The molecule has 0 aromatic heterocycles. The van der Waals surface area contributed by atoms with Gasteiger partial charge < -0.3 is 90.4 Å². The Labute approximate surface area is 355 Å². The van der Waals surface area contributed by atoms with Gasteiger partial charge in [0.15, 0.2) is 12.2 Å². The van der Waals surface area contributed by atoms with Gasteiger partial charge in [-0.25, -0.2) is 14.4 Å². The summed E-state index contributed by atoms with van der Waals surface area (Å²) in [7, 11) is 0. The molecule has 0 aromatic carbocycles. The van der Waals surface area contributed by atoms with Crippen molar-refractivity contribution in [3.8, 4) is 0 Å². The van der Waals surface area contributed by atoms with E-state index in [9.17, 15) is 85.3 Å². The molecule has 23 nitrogen and oxygen atoms in total. The molecule has 0 rings (SSSR count). The van der Waals surface area contributed by atoms with Crippen molar-refractivity contribution in [1.82, 2.24) is 0 Å². The Hall–Kier alpha value is 0.600. The fraction of sp³-hybridized carbons (Fsp3) is 0.762. The van der Waals surface area contributed by atoms with Gasteiger partial charge in [0.25, 0.3) is 0 Å². The van der Waals surface area contributed by atoms with Crippen LogP contribution in [-0.2, 0) is 106 Å². The van der Waals surface area contributed by atoms with Crippen LogP contribution in [-0.4, -0.2) is 234 Å². The molecule has 0 aromatic rings. The van der Waals surface area contributed by atoms with Gasteiger partial charge in [0.1, 0.15) is 48.8 Å². The molecule has 302 valence electrons. The van der Waals surface area contributed by atoms with Crippen LogP contribution in [0.25, 0.3) is 0 Å². The number of carbonyl (C=O) groups excluding carboxylic acids is 5. The molecule has 0 bridgehead atoms. The van der Waals surface area contributed by atoms with Gasteiger partial charge in [0.2, 0.25) is 12.6 Å². The molecule has 0 saturated heterocycles. The fourth-order valence-corrected chi connectivity index (χ4v) is 2.72. The number of aliphatic hydroxyl groups is 14. The minimum absolute atomic E-state index is 0. The van der Waals surface area contributed by atoms with E-state index in [2.05, 4.69) is 18.9 Å². The number of ether oxygens (including phenoxy) is 4. The zero-order valence-corrected chi connectivity index (χ0v) is 27.6. The quantitative estimate of drug-likeness (QED) is 0.0199. The molecule has 0 saturated carbocycles. The van der Waals surface area contributed by atoms with Crippen molar-refractivity contribution in [3.05, 3.63) is 0 Å². The second-order valence-corrected chi connectivity index (χ2v) is 8.74. The van der Waals surface area contributed by atoms with Crippen molar-refractivity contribution in [2.24, 2.45) is 0 Å². The monoisotopic (exact) mass is 944 g/mol. The maximum Gasteiger partial charge on any atom is 0.524 e. The van der Waals surface area contributed by atoms with Gasteiger partial charge in [-0.05, 0) is 0 Å². The minimum atomic E-state index is -2.61. The molecule has 4 unspecified atom stereocenters. The molecule has 50 heavy (non-hydrogen) atoms. The smallest absolute Gasteiger partial charge is 0.433 e. The first kappa shape index (κ1) is 65.5. The molecule has 0 aliphatic rings. The van der Waals surface area contributed by atoms with Gasteiger partial charge >= 0.3 is 76.1 Å². The second-order valence-electron chi connectivity index (χ2n) is 8.74. The molecule has 0 aliphatic carbocycles. The summed E-state index contributed by atoms with van der Waals surface area (Å²) < 4.78 is 16.1. The summed E-state index contributed by atoms with van der Waals surface area (Å²) in [6, 6.07) is 0. The van der Waals surface area contributed by atoms with E-state index in [0.29, 0.717) is 0 Å². The van der Waals surface area contributed by atoms with Gasteiger partial charge in [-0.2, -0.15) is 0 Å². The van der Waals surface area contributed by atoms with Crippen LogP contribution in [0.2, 0.25) is 0 Å². The summed E-state index contributed by atoms with van der Waals surface area (Å²) in [5.41, 5.74) is 0. The zero-order valence-electron chi connectivity index (χ0n) is 23.5. The fourth-order valence-electron chi connectivity index (χ4n) is 2.72. The standard InChI is InChI=1S/C21H34O23.2Cu.2Fe.2Mg.4H/c22-3-7(26)11(30)13(32)15(34)19(38)41-9(28)1-5(24)17(36)43-21(40)44-18(37)6(25)2-10(29)42-20(39)16(35)14(33)12(31)8(27)4-23;;;;;;;;;;/h5-8,11-16,19-20,22-27,30-35,38-39H,1-4H2;;;;;;;;;;/t5?,6?,7-,8-,11-,12-,13+,14+,15-,16-,19?,20?;;;;;;;;;;/m1........../s1. The maximum atomic E-state index is 11.7. The number of hydrogen-bond donors (Lipinski definition) is 14. The summed E-state index contributed by atoms with van der Waals surface area (Å²) in [6.07, 6.45) is -33.4. The minimum Gasteiger partial charge on any atom is -0.433 e. The van der Waals surface area contributed by atoms with Gasteiger partial charge in [-0.3, -0.25) is 9.59 Å². The predicted octanol–water partition coefficient (Wildman–Crippen LogP) is -11.6. The molecule has 0 amide bonds. The Morgan fingerprint density at radius 2 is 0.720 bits per heavy atom. The molecule has 29 heteroatoms. The van der Waals surface area contributed by atoms with E-state index in [1.807, 2.05) is 0 Å². The van der Waals surface area contributed by atoms with E-state index in [-0.39, 0.29) is 114 Å². The van der Waals surface area contributed by atoms with Crippen molar-refractivity contribution in [2.45, 2.75) is 86.5 Å². The van der Waals surface area contributed by atoms with Crippen molar-refractivity contribution in [2.75, 3.05) is 13.2 Å². The molecule has 0 aliphatic heterocycles. The third-order valence-electron chi connectivity index (χ3n) is 5.28. The van der Waals surface area contributed by atoms with Crippen LogP contribution in [0.15, 0.2) is 0 Å². The van der Waals surface area contributed by atoms with Crippen LogP contribution in [0.5, 0.6) is 0 Å². The van der Waals surface area contributed by atoms with Crippen LogP contribution in [0, 0.1) is 0 Å². The molecular formula is C21H38Cu2Fe2Mg2O23. The Balaban J connectivity index is -0.000000616. The van der Waals surface area contributed by atoms with Gasteiger partial charge in [0, 0.05) is 68.3 Å². The van der Waals surface area contributed by atoms with Gasteiger partial charge in [-0.1, -0.05) is 0 Å². The summed E-state index contributed by atoms with van der Waals surface area (Å²) in [4.78, 5) is 58.4. The summed E-state index contributed by atoms with van der Waals surface area (Å²) in [5, 5.41) is 132. The number of esters is 4. The summed E-state index contributed by atoms with van der Waals surface area (Å²) in [5.74, 6) is -7.31. The molecule has 2 radical (unpaired) electrons. The topological polar surface area (TPSA) is 405 Å². The Morgan fingerprint density at radius 1 is 0.460 bits per heavy atom. The van der Waals surface area contributed by atoms with Crippen LogP contribution < -0.4 is 0 Å². The van der Waals surface area contributed by atoms with E-state index in [4.69, 9.17) is 10.2 Å². The van der Waals surface area contributed by atoms with E-state index in [1.54, 1.807) is 0 Å². The van der Waals surface area contributed by atoms with Gasteiger partial charge in [-0.15, -0.1) is 0 Å². The molecule has 0 fully saturated rings. The van der Waals surface area contributed by atoms with Crippen molar-refractivity contribution in [3.63, 3.8) is 0 Å². The first-order valence-electron chi connectivity index (χ1n) is 12.0. The third-order valence-corrected chi connectivity index (χ3v) is 5.28. The number of aliphatic hydroxyl groups excluding tert-OH is 14. The van der Waals surface area contributed by atoms with E-state index >= 15 is 0 Å². The maximum absolute atomic E-state index is 11.7. The van der Waals surface area contributed by atoms with E-state index in [1.165, 1.54) is 0 Å². The Kier molecular flexibility index (Phi) is 43.2. The Morgan fingerprint density at radius 3 is 0.960 bits per heavy atom. The van der Waals surface area contributed by atoms with Crippen molar-refractivity contribution < 1.29 is 183 Å². The second kappa shape index (κ2) is 33.0. The van der Waals surface area contributed by atoms with E-state index in [0.717, 1.165) is 0 Å². The first-order valence-corrected chi connectivity index (χ1v) is 12.0.